The standard InChI is InChI=1S/C13H14ClIN2O2/c1-3-13(2)12(19)17(7-11(18)16-13)10-5-4-8(15)6-9(10)14/h4-6H,3,7H2,1-2H3,(H,16,18). The molecule has 19 heavy (non-hydrogen) atoms. The number of halogens is 2. The SMILES string of the molecule is CCC1(C)NC(=O)CN(c2ccc(I)cc2Cl)C1=O. The quantitative estimate of drug-likeness (QED) is 0.787. The van der Waals surface area contributed by atoms with E-state index < -0.39 is 5.54 Å². The van der Waals surface area contributed by atoms with Crippen molar-refractivity contribution >= 4 is 51.7 Å². The number of hydrogen-bond acceptors (Lipinski definition) is 2. The second-order valence-electron chi connectivity index (χ2n) is 4.72. The molecule has 1 fully saturated rings. The fourth-order valence-electron chi connectivity index (χ4n) is 2.05. The van der Waals surface area contributed by atoms with Gasteiger partial charge in [0.1, 0.15) is 12.1 Å². The molecule has 1 aromatic carbocycles. The van der Waals surface area contributed by atoms with Crippen LogP contribution in [-0.2, 0) is 9.59 Å². The Balaban J connectivity index is 2.43. The summed E-state index contributed by atoms with van der Waals surface area (Å²) in [5.41, 5.74) is -0.275. The maximum Gasteiger partial charge on any atom is 0.252 e. The van der Waals surface area contributed by atoms with E-state index in [9.17, 15) is 9.59 Å². The first-order chi connectivity index (χ1) is 8.87. The minimum Gasteiger partial charge on any atom is -0.340 e. The predicted molar refractivity (Wildman–Crippen MR) is 83.4 cm³/mol. The highest BCUT2D eigenvalue weighted by atomic mass is 127. The highest BCUT2D eigenvalue weighted by molar-refractivity contribution is 14.1. The first kappa shape index (κ1) is 14.6. The molecule has 4 nitrogen and oxygen atoms in total. The molecule has 0 spiro atoms. The Bertz CT molecular complexity index is 549. The van der Waals surface area contributed by atoms with Crippen LogP contribution in [0.25, 0.3) is 0 Å². The highest BCUT2D eigenvalue weighted by Gasteiger charge is 2.42. The van der Waals surface area contributed by atoms with Crippen LogP contribution in [0.15, 0.2) is 18.2 Å². The average molecular weight is 393 g/mol. The largest absolute Gasteiger partial charge is 0.340 e. The Morgan fingerprint density at radius 3 is 2.74 bits per heavy atom. The van der Waals surface area contributed by atoms with Crippen molar-refractivity contribution in [2.24, 2.45) is 0 Å². The van der Waals surface area contributed by atoms with Crippen molar-refractivity contribution in [2.75, 3.05) is 11.4 Å². The zero-order valence-electron chi connectivity index (χ0n) is 10.7. The molecule has 1 N–H and O–H groups in total. The van der Waals surface area contributed by atoms with E-state index in [2.05, 4.69) is 27.9 Å². The Hall–Kier alpha value is -0.820. The summed E-state index contributed by atoms with van der Waals surface area (Å²) in [6, 6.07) is 5.42. The minimum absolute atomic E-state index is 0.00867. The molecule has 6 heteroatoms. The molecule has 1 heterocycles. The van der Waals surface area contributed by atoms with E-state index >= 15 is 0 Å². The number of carbonyl (C=O) groups is 2. The van der Waals surface area contributed by atoms with Gasteiger partial charge in [-0.05, 0) is 54.1 Å². The molecule has 0 bridgehead atoms. The molecule has 102 valence electrons. The van der Waals surface area contributed by atoms with Crippen LogP contribution in [0.1, 0.15) is 20.3 Å². The number of amides is 2. The first-order valence-corrected chi connectivity index (χ1v) is 7.41. The van der Waals surface area contributed by atoms with Gasteiger partial charge in [0.15, 0.2) is 0 Å². The van der Waals surface area contributed by atoms with Crippen molar-refractivity contribution in [2.45, 2.75) is 25.8 Å². The van der Waals surface area contributed by atoms with Crippen molar-refractivity contribution in [3.63, 3.8) is 0 Å². The Morgan fingerprint density at radius 1 is 1.47 bits per heavy atom. The van der Waals surface area contributed by atoms with Crippen molar-refractivity contribution in [3.8, 4) is 0 Å². The maximum absolute atomic E-state index is 12.5. The number of anilines is 1. The Labute approximate surface area is 130 Å². The highest BCUT2D eigenvalue weighted by Crippen LogP contribution is 2.31. The Kier molecular flexibility index (Phi) is 4.06. The molecule has 1 aliphatic heterocycles. The normalized spacial score (nSPS) is 23.5. The van der Waals surface area contributed by atoms with Crippen molar-refractivity contribution in [1.82, 2.24) is 5.32 Å². The summed E-state index contributed by atoms with van der Waals surface area (Å²) in [5, 5.41) is 3.23. The lowest BCUT2D eigenvalue weighted by molar-refractivity contribution is -0.135. The van der Waals surface area contributed by atoms with Crippen molar-refractivity contribution in [3.05, 3.63) is 26.8 Å². The number of hydrogen-bond donors (Lipinski definition) is 1. The van der Waals surface area contributed by atoms with Gasteiger partial charge >= 0.3 is 0 Å². The van der Waals surface area contributed by atoms with E-state index in [1.165, 1.54) is 4.90 Å². The molecule has 0 aliphatic carbocycles. The number of piperazine rings is 1. The summed E-state index contributed by atoms with van der Waals surface area (Å²) in [7, 11) is 0. The number of rotatable bonds is 2. The molecule has 0 radical (unpaired) electrons. The lowest BCUT2D eigenvalue weighted by Crippen LogP contribution is -2.65. The molecule has 1 aliphatic rings. The summed E-state index contributed by atoms with van der Waals surface area (Å²) in [6.07, 6.45) is 0.538. The number of nitrogens with zero attached hydrogens (tertiary/aromatic N) is 1. The lowest BCUT2D eigenvalue weighted by Gasteiger charge is -2.39. The number of carbonyl (C=O) groups excluding carboxylic acids is 2. The van der Waals surface area contributed by atoms with Crippen molar-refractivity contribution in [1.29, 1.82) is 0 Å². The van der Waals surface area contributed by atoms with Crippen LogP contribution in [0.4, 0.5) is 5.69 Å². The second kappa shape index (κ2) is 5.28. The summed E-state index contributed by atoms with van der Waals surface area (Å²) in [4.78, 5) is 25.8. The van der Waals surface area contributed by atoms with Crippen LogP contribution in [0.2, 0.25) is 5.02 Å². The Morgan fingerprint density at radius 2 is 2.16 bits per heavy atom. The van der Waals surface area contributed by atoms with Crippen LogP contribution in [0, 0.1) is 3.57 Å². The minimum atomic E-state index is -0.859. The van der Waals surface area contributed by atoms with E-state index in [4.69, 9.17) is 11.6 Å². The maximum atomic E-state index is 12.5. The fraction of sp³-hybridized carbons (Fsp3) is 0.385. The van der Waals surface area contributed by atoms with E-state index in [0.29, 0.717) is 17.1 Å². The van der Waals surface area contributed by atoms with Gasteiger partial charge < -0.3 is 5.32 Å². The van der Waals surface area contributed by atoms with Gasteiger partial charge in [-0.15, -0.1) is 0 Å². The van der Waals surface area contributed by atoms with Gasteiger partial charge in [-0.25, -0.2) is 0 Å². The van der Waals surface area contributed by atoms with Crippen LogP contribution in [0.5, 0.6) is 0 Å². The molecular weight excluding hydrogens is 379 g/mol. The summed E-state index contributed by atoms with van der Waals surface area (Å²) in [6.45, 7) is 3.62. The van der Waals surface area contributed by atoms with Gasteiger partial charge in [0.25, 0.3) is 5.91 Å². The molecule has 1 atom stereocenters. The summed E-state index contributed by atoms with van der Waals surface area (Å²) < 4.78 is 0.985. The van der Waals surface area contributed by atoms with Gasteiger partial charge in [-0.2, -0.15) is 0 Å². The van der Waals surface area contributed by atoms with Crippen LogP contribution in [0.3, 0.4) is 0 Å². The molecule has 0 saturated carbocycles. The summed E-state index contributed by atoms with van der Waals surface area (Å²) in [5.74, 6) is -0.295. The zero-order chi connectivity index (χ0) is 14.2. The molecule has 1 unspecified atom stereocenters. The van der Waals surface area contributed by atoms with Crippen LogP contribution in [-0.4, -0.2) is 23.9 Å². The number of benzene rings is 1. The van der Waals surface area contributed by atoms with Crippen molar-refractivity contribution < 1.29 is 9.59 Å². The summed E-state index contributed by atoms with van der Waals surface area (Å²) >= 11 is 8.33. The molecule has 2 amide bonds. The topological polar surface area (TPSA) is 49.4 Å². The van der Waals surface area contributed by atoms with Gasteiger partial charge in [0.2, 0.25) is 5.91 Å². The predicted octanol–water partition coefficient (Wildman–Crippen LogP) is 2.58. The zero-order valence-corrected chi connectivity index (χ0v) is 13.6. The van der Waals surface area contributed by atoms with E-state index in [1.54, 1.807) is 19.1 Å². The lowest BCUT2D eigenvalue weighted by atomic mass is 9.94. The smallest absolute Gasteiger partial charge is 0.252 e. The van der Waals surface area contributed by atoms with E-state index in [-0.39, 0.29) is 18.4 Å². The van der Waals surface area contributed by atoms with Gasteiger partial charge in [0.05, 0.1) is 10.7 Å². The van der Waals surface area contributed by atoms with Gasteiger partial charge in [-0.3, -0.25) is 14.5 Å². The average Bonchev–Trinajstić information content (AvgIpc) is 2.34. The number of nitrogens with one attached hydrogen (secondary N) is 1. The first-order valence-electron chi connectivity index (χ1n) is 5.95. The second-order valence-corrected chi connectivity index (χ2v) is 6.37. The molecule has 1 saturated heterocycles. The van der Waals surface area contributed by atoms with Gasteiger partial charge in [0, 0.05) is 3.57 Å². The van der Waals surface area contributed by atoms with E-state index in [1.807, 2.05) is 13.0 Å². The monoisotopic (exact) mass is 392 g/mol. The molecule has 0 aromatic heterocycles. The molecule has 1 aromatic rings. The van der Waals surface area contributed by atoms with Crippen LogP contribution >= 0.6 is 34.2 Å². The third kappa shape index (κ3) is 2.72. The van der Waals surface area contributed by atoms with Crippen LogP contribution < -0.4 is 10.2 Å². The molecule has 2 rings (SSSR count). The van der Waals surface area contributed by atoms with E-state index in [0.717, 1.165) is 3.57 Å². The third-order valence-electron chi connectivity index (χ3n) is 3.34. The fourth-order valence-corrected chi connectivity index (χ4v) is 3.01. The molecular formula is C13H14ClIN2O2. The van der Waals surface area contributed by atoms with Gasteiger partial charge in [-0.1, -0.05) is 18.5 Å². The third-order valence-corrected chi connectivity index (χ3v) is 4.32.